The summed E-state index contributed by atoms with van der Waals surface area (Å²) >= 11 is 5.31. The van der Waals surface area contributed by atoms with E-state index in [1.165, 1.54) is 0 Å². The molecule has 0 amide bonds. The fourth-order valence-electron chi connectivity index (χ4n) is 0.192. The molecule has 0 radical (unpaired) electrons. The van der Waals surface area contributed by atoms with Crippen LogP contribution in [0.5, 0.6) is 0 Å². The Morgan fingerprint density at radius 3 is 2.29 bits per heavy atom. The molecule has 0 unspecified atom stereocenters. The molecule has 0 nitrogen and oxygen atoms in total. The molecule has 0 rings (SSSR count). The van der Waals surface area contributed by atoms with Gasteiger partial charge in [0, 0.05) is 5.88 Å². The minimum atomic E-state index is 0. The van der Waals surface area contributed by atoms with E-state index in [2.05, 4.69) is 12.7 Å². The van der Waals surface area contributed by atoms with Crippen molar-refractivity contribution in [3.05, 3.63) is 12.7 Å². The zero-order valence-electron chi connectivity index (χ0n) is 4.71. The van der Waals surface area contributed by atoms with Crippen LogP contribution < -0.4 is 18.9 Å². The predicted octanol–water partition coefficient (Wildman–Crippen LogP) is -1.00. The van der Waals surface area contributed by atoms with Crippen molar-refractivity contribution in [3.63, 3.8) is 0 Å². The van der Waals surface area contributed by atoms with Gasteiger partial charge >= 0.3 is 18.9 Å². The monoisotopic (exact) mass is 110 g/mol. The van der Waals surface area contributed by atoms with Gasteiger partial charge in [-0.15, -0.1) is 11.6 Å². The topological polar surface area (TPSA) is 0 Å². The summed E-state index contributed by atoms with van der Waals surface area (Å²) in [6.07, 6.45) is 4.66. The van der Waals surface area contributed by atoms with Gasteiger partial charge in [0.15, 0.2) is 0 Å². The van der Waals surface area contributed by atoms with E-state index in [0.717, 1.165) is 18.7 Å². The molecular formula is C5H8ClLi. The fraction of sp³-hybridized carbons (Fsp3) is 0.600. The molecule has 2 heteroatoms. The smallest absolute Gasteiger partial charge is 0.504 e. The van der Waals surface area contributed by atoms with Gasteiger partial charge in [0.2, 0.25) is 0 Å². The molecular weight excluding hydrogens is 102 g/mol. The Bertz CT molecular complexity index is 37.1. The summed E-state index contributed by atoms with van der Waals surface area (Å²) in [6, 6.07) is 0. The van der Waals surface area contributed by atoms with Crippen LogP contribution in [-0.2, 0) is 0 Å². The Labute approximate surface area is 62.1 Å². The van der Waals surface area contributed by atoms with Gasteiger partial charge in [-0.3, -0.25) is 6.58 Å². The minimum Gasteiger partial charge on any atom is -0.504 e. The van der Waals surface area contributed by atoms with Gasteiger partial charge in [-0.25, -0.2) is 0 Å². The second-order valence-corrected chi connectivity index (χ2v) is 1.42. The molecule has 0 aromatic heterocycles. The van der Waals surface area contributed by atoms with Gasteiger partial charge in [0.1, 0.15) is 0 Å². The van der Waals surface area contributed by atoms with Crippen LogP contribution in [0.1, 0.15) is 12.8 Å². The van der Waals surface area contributed by atoms with E-state index in [0.29, 0.717) is 0 Å². The standard InChI is InChI=1S/C5H8Cl.Li/c1-2-3-4-5-6;/h1,3-5H2;/q-1;+1. The Balaban J connectivity index is 0. The summed E-state index contributed by atoms with van der Waals surface area (Å²) in [4.78, 5) is 0. The molecule has 0 N–H and O–H groups in total. The van der Waals surface area contributed by atoms with Crippen molar-refractivity contribution < 1.29 is 18.9 Å². The molecule has 0 saturated heterocycles. The number of unbranched alkanes of at least 4 members (excludes halogenated alkanes) is 1. The zero-order valence-corrected chi connectivity index (χ0v) is 5.46. The van der Waals surface area contributed by atoms with E-state index < -0.39 is 0 Å². The van der Waals surface area contributed by atoms with Crippen molar-refractivity contribution in [3.8, 4) is 0 Å². The molecule has 0 aliphatic rings. The van der Waals surface area contributed by atoms with Crippen molar-refractivity contribution in [2.45, 2.75) is 12.8 Å². The Morgan fingerprint density at radius 1 is 1.57 bits per heavy atom. The normalized spacial score (nSPS) is 7.00. The Morgan fingerprint density at radius 2 is 2.14 bits per heavy atom. The predicted molar refractivity (Wildman–Crippen MR) is 28.8 cm³/mol. The second-order valence-electron chi connectivity index (χ2n) is 1.04. The van der Waals surface area contributed by atoms with E-state index >= 15 is 0 Å². The van der Waals surface area contributed by atoms with Crippen LogP contribution in [0.2, 0.25) is 0 Å². The van der Waals surface area contributed by atoms with Crippen molar-refractivity contribution in [1.82, 2.24) is 0 Å². The molecule has 7 heavy (non-hydrogen) atoms. The molecule has 0 saturated carbocycles. The van der Waals surface area contributed by atoms with Gasteiger partial charge < -0.3 is 6.08 Å². The fourth-order valence-corrected chi connectivity index (χ4v) is 0.325. The molecule has 0 aliphatic carbocycles. The van der Waals surface area contributed by atoms with Crippen LogP contribution in [0.25, 0.3) is 0 Å². The van der Waals surface area contributed by atoms with Gasteiger partial charge in [-0.2, -0.15) is 6.42 Å². The summed E-state index contributed by atoms with van der Waals surface area (Å²) in [5.41, 5.74) is 0. The van der Waals surface area contributed by atoms with Gasteiger partial charge in [0.25, 0.3) is 0 Å². The van der Waals surface area contributed by atoms with Crippen molar-refractivity contribution in [2.24, 2.45) is 0 Å². The summed E-state index contributed by atoms with van der Waals surface area (Å²) < 4.78 is 0. The molecule has 0 fully saturated rings. The number of hydrogen-bond donors (Lipinski definition) is 0. The van der Waals surface area contributed by atoms with E-state index in [4.69, 9.17) is 11.6 Å². The first-order valence-corrected chi connectivity index (χ1v) is 2.51. The largest absolute Gasteiger partial charge is 1.00 e. The Hall–Kier alpha value is 0.627. The average molecular weight is 111 g/mol. The molecule has 0 heterocycles. The third-order valence-electron chi connectivity index (χ3n) is 0.487. The Kier molecular flexibility index (Phi) is 14.8. The SMILES string of the molecule is C=[C-]CCCCl.[Li+]. The van der Waals surface area contributed by atoms with E-state index in [-0.39, 0.29) is 18.9 Å². The van der Waals surface area contributed by atoms with Crippen LogP contribution >= 0.6 is 11.6 Å². The van der Waals surface area contributed by atoms with Crippen LogP contribution in [0.4, 0.5) is 0 Å². The van der Waals surface area contributed by atoms with Crippen molar-refractivity contribution in [2.75, 3.05) is 5.88 Å². The molecule has 0 aromatic carbocycles. The minimum absolute atomic E-state index is 0. The summed E-state index contributed by atoms with van der Waals surface area (Å²) in [5, 5.41) is 0. The van der Waals surface area contributed by atoms with Crippen LogP contribution in [0.3, 0.4) is 0 Å². The van der Waals surface area contributed by atoms with E-state index in [9.17, 15) is 0 Å². The van der Waals surface area contributed by atoms with E-state index in [1.807, 2.05) is 0 Å². The molecule has 0 atom stereocenters. The maximum Gasteiger partial charge on any atom is 1.00 e. The molecule has 0 aromatic rings. The maximum absolute atomic E-state index is 5.31. The molecule has 0 bridgehead atoms. The van der Waals surface area contributed by atoms with E-state index in [1.54, 1.807) is 0 Å². The van der Waals surface area contributed by atoms with Crippen LogP contribution in [-0.4, -0.2) is 5.88 Å². The van der Waals surface area contributed by atoms with Gasteiger partial charge in [0.05, 0.1) is 0 Å². The number of allylic oxidation sites excluding steroid dienone is 1. The number of alkyl halides is 1. The van der Waals surface area contributed by atoms with Gasteiger partial charge in [-0.1, -0.05) is 6.42 Å². The number of halogens is 1. The van der Waals surface area contributed by atoms with Crippen molar-refractivity contribution in [1.29, 1.82) is 0 Å². The van der Waals surface area contributed by atoms with Crippen LogP contribution in [0, 0.1) is 6.08 Å². The third-order valence-corrected chi connectivity index (χ3v) is 0.754. The first kappa shape index (κ1) is 10.6. The molecule has 0 aliphatic heterocycles. The van der Waals surface area contributed by atoms with Crippen LogP contribution in [0.15, 0.2) is 6.58 Å². The summed E-state index contributed by atoms with van der Waals surface area (Å²) in [5.74, 6) is 0.725. The number of rotatable bonds is 3. The zero-order chi connectivity index (χ0) is 4.83. The first-order chi connectivity index (χ1) is 2.91. The first-order valence-electron chi connectivity index (χ1n) is 1.97. The second kappa shape index (κ2) is 9.80. The summed E-state index contributed by atoms with van der Waals surface area (Å²) in [6.45, 7) is 3.41. The third kappa shape index (κ3) is 10.8. The molecule has 0 spiro atoms. The average Bonchev–Trinajstić information content (AvgIpc) is 1.61. The summed E-state index contributed by atoms with van der Waals surface area (Å²) in [7, 11) is 0. The van der Waals surface area contributed by atoms with Gasteiger partial charge in [-0.05, 0) is 0 Å². The van der Waals surface area contributed by atoms with Crippen molar-refractivity contribution >= 4 is 11.6 Å². The quantitative estimate of drug-likeness (QED) is 0.189. The number of hydrogen-bond acceptors (Lipinski definition) is 0. The molecule has 36 valence electrons. The maximum atomic E-state index is 5.31.